The molecule has 3 rings (SSSR count). The van der Waals surface area contributed by atoms with Crippen molar-refractivity contribution in [2.45, 2.75) is 6.42 Å². The van der Waals surface area contributed by atoms with Gasteiger partial charge in [-0.15, -0.1) is 0 Å². The normalized spacial score (nSPS) is 10.2. The van der Waals surface area contributed by atoms with E-state index in [0.717, 1.165) is 5.56 Å². The number of ether oxygens (including phenoxy) is 3. The summed E-state index contributed by atoms with van der Waals surface area (Å²) in [6.45, 7) is -0.00479. The van der Waals surface area contributed by atoms with Crippen LogP contribution in [0, 0.1) is 0 Å². The molecule has 0 N–H and O–H groups in total. The number of benzene rings is 3. The van der Waals surface area contributed by atoms with Crippen LogP contribution in [-0.4, -0.2) is 25.2 Å². The second kappa shape index (κ2) is 10.3. The summed E-state index contributed by atoms with van der Waals surface area (Å²) in [4.78, 5) is 24.2. The predicted octanol–water partition coefficient (Wildman–Crippen LogP) is 4.72. The molecule has 0 saturated heterocycles. The van der Waals surface area contributed by atoms with Crippen LogP contribution < -0.4 is 9.47 Å². The summed E-state index contributed by atoms with van der Waals surface area (Å²) in [5.74, 6) is -0.319. The second-order valence-electron chi connectivity index (χ2n) is 6.12. The molecular formula is C23H19ClO5. The predicted molar refractivity (Wildman–Crippen MR) is 109 cm³/mol. The van der Waals surface area contributed by atoms with Gasteiger partial charge in [0.2, 0.25) is 0 Å². The van der Waals surface area contributed by atoms with Gasteiger partial charge < -0.3 is 14.2 Å². The monoisotopic (exact) mass is 410 g/mol. The minimum absolute atomic E-state index is 0.243. The summed E-state index contributed by atoms with van der Waals surface area (Å²) in [5, 5.41) is 0.576. The van der Waals surface area contributed by atoms with Gasteiger partial charge in [0.05, 0.1) is 12.2 Å². The first-order valence-corrected chi connectivity index (χ1v) is 9.38. The molecule has 0 spiro atoms. The molecule has 0 amide bonds. The molecule has 29 heavy (non-hydrogen) atoms. The van der Waals surface area contributed by atoms with Crippen LogP contribution in [0.25, 0.3) is 0 Å². The van der Waals surface area contributed by atoms with Gasteiger partial charge in [-0.05, 0) is 48.0 Å². The molecule has 0 radical (unpaired) electrons. The van der Waals surface area contributed by atoms with Crippen molar-refractivity contribution in [1.29, 1.82) is 0 Å². The molecule has 6 heteroatoms. The minimum Gasteiger partial charge on any atom is -0.482 e. The molecule has 3 aromatic carbocycles. The summed E-state index contributed by atoms with van der Waals surface area (Å²) in [6.07, 6.45) is 0.628. The molecular weight excluding hydrogens is 392 g/mol. The maximum Gasteiger partial charge on any atom is 0.349 e. The quantitative estimate of drug-likeness (QED) is 0.397. The standard InChI is InChI=1S/C23H19ClO5/c24-19-9-11-20(12-10-19)28-16-22(25)29-21-8-4-7-18(15-21)23(26)27-14-13-17-5-2-1-3-6-17/h1-12,15H,13-14,16H2. The van der Waals surface area contributed by atoms with Crippen molar-refractivity contribution in [1.82, 2.24) is 0 Å². The van der Waals surface area contributed by atoms with Gasteiger partial charge in [-0.2, -0.15) is 0 Å². The molecule has 0 aliphatic rings. The van der Waals surface area contributed by atoms with Crippen LogP contribution in [0.2, 0.25) is 5.02 Å². The summed E-state index contributed by atoms with van der Waals surface area (Å²) in [7, 11) is 0. The fourth-order valence-electron chi connectivity index (χ4n) is 2.51. The van der Waals surface area contributed by atoms with E-state index in [9.17, 15) is 9.59 Å². The van der Waals surface area contributed by atoms with Gasteiger partial charge in [-0.1, -0.05) is 48.0 Å². The molecule has 5 nitrogen and oxygen atoms in total. The largest absolute Gasteiger partial charge is 0.482 e. The van der Waals surface area contributed by atoms with E-state index in [1.54, 1.807) is 42.5 Å². The van der Waals surface area contributed by atoms with Gasteiger partial charge in [-0.25, -0.2) is 9.59 Å². The highest BCUT2D eigenvalue weighted by Gasteiger charge is 2.11. The third kappa shape index (κ3) is 6.66. The van der Waals surface area contributed by atoms with E-state index in [1.807, 2.05) is 30.3 Å². The number of hydrogen-bond acceptors (Lipinski definition) is 5. The van der Waals surface area contributed by atoms with Crippen molar-refractivity contribution in [3.63, 3.8) is 0 Å². The zero-order valence-electron chi connectivity index (χ0n) is 15.5. The Bertz CT molecular complexity index is 955. The van der Waals surface area contributed by atoms with Crippen LogP contribution in [0.5, 0.6) is 11.5 Å². The lowest BCUT2D eigenvalue weighted by molar-refractivity contribution is -0.136. The molecule has 0 heterocycles. The molecule has 0 fully saturated rings. The smallest absolute Gasteiger partial charge is 0.349 e. The zero-order chi connectivity index (χ0) is 20.5. The molecule has 148 valence electrons. The van der Waals surface area contributed by atoms with Gasteiger partial charge in [0.25, 0.3) is 0 Å². The van der Waals surface area contributed by atoms with Crippen LogP contribution in [0.15, 0.2) is 78.9 Å². The number of carbonyl (C=O) groups is 2. The van der Waals surface area contributed by atoms with Crippen molar-refractivity contribution >= 4 is 23.5 Å². The Kier molecular flexibility index (Phi) is 7.25. The molecule has 3 aromatic rings. The maximum absolute atomic E-state index is 12.2. The first-order valence-electron chi connectivity index (χ1n) is 9.00. The Morgan fingerprint density at radius 3 is 2.34 bits per heavy atom. The number of esters is 2. The fourth-order valence-corrected chi connectivity index (χ4v) is 2.64. The second-order valence-corrected chi connectivity index (χ2v) is 6.55. The van der Waals surface area contributed by atoms with Gasteiger partial charge in [-0.3, -0.25) is 0 Å². The van der Waals surface area contributed by atoms with Crippen molar-refractivity contribution in [3.8, 4) is 11.5 Å². The first kappa shape index (κ1) is 20.4. The van der Waals surface area contributed by atoms with Crippen LogP contribution in [-0.2, 0) is 16.0 Å². The lowest BCUT2D eigenvalue weighted by Crippen LogP contribution is -2.18. The summed E-state index contributed by atoms with van der Waals surface area (Å²) in [5.41, 5.74) is 1.39. The summed E-state index contributed by atoms with van der Waals surface area (Å²) < 4.78 is 15.9. The Hall–Kier alpha value is -3.31. The van der Waals surface area contributed by atoms with Crippen LogP contribution in [0.1, 0.15) is 15.9 Å². The highest BCUT2D eigenvalue weighted by molar-refractivity contribution is 6.30. The lowest BCUT2D eigenvalue weighted by atomic mass is 10.2. The van der Waals surface area contributed by atoms with Crippen LogP contribution in [0.3, 0.4) is 0 Å². The van der Waals surface area contributed by atoms with E-state index in [4.69, 9.17) is 25.8 Å². The lowest BCUT2D eigenvalue weighted by Gasteiger charge is -2.08. The number of hydrogen-bond donors (Lipinski definition) is 0. The van der Waals surface area contributed by atoms with E-state index < -0.39 is 11.9 Å². The zero-order valence-corrected chi connectivity index (χ0v) is 16.3. The molecule has 0 saturated carbocycles. The Morgan fingerprint density at radius 1 is 0.828 bits per heavy atom. The number of carbonyl (C=O) groups excluding carboxylic acids is 2. The van der Waals surface area contributed by atoms with Crippen LogP contribution >= 0.6 is 11.6 Å². The van der Waals surface area contributed by atoms with Crippen molar-refractivity contribution in [3.05, 3.63) is 95.0 Å². The summed E-state index contributed by atoms with van der Waals surface area (Å²) >= 11 is 5.80. The highest BCUT2D eigenvalue weighted by atomic mass is 35.5. The van der Waals surface area contributed by atoms with Gasteiger partial charge in [0.1, 0.15) is 11.5 Å². The number of halogens is 1. The Morgan fingerprint density at radius 2 is 1.59 bits per heavy atom. The van der Waals surface area contributed by atoms with E-state index >= 15 is 0 Å². The van der Waals surface area contributed by atoms with Crippen molar-refractivity contribution in [2.75, 3.05) is 13.2 Å². The molecule has 0 bridgehead atoms. The molecule has 0 atom stereocenters. The molecule has 0 aliphatic carbocycles. The van der Waals surface area contributed by atoms with Gasteiger partial charge in [0.15, 0.2) is 6.61 Å². The SMILES string of the molecule is O=C(COc1ccc(Cl)cc1)Oc1cccc(C(=O)OCCc2ccccc2)c1. The molecule has 0 unspecified atom stereocenters. The average Bonchev–Trinajstić information content (AvgIpc) is 2.74. The maximum atomic E-state index is 12.2. The third-order valence-electron chi connectivity index (χ3n) is 3.94. The minimum atomic E-state index is -0.588. The molecule has 0 aliphatic heterocycles. The van der Waals surface area contributed by atoms with E-state index in [1.165, 1.54) is 6.07 Å². The molecule has 0 aromatic heterocycles. The van der Waals surface area contributed by atoms with E-state index in [0.29, 0.717) is 22.8 Å². The summed E-state index contributed by atoms with van der Waals surface area (Å²) in [6, 6.07) is 22.7. The highest BCUT2D eigenvalue weighted by Crippen LogP contribution is 2.17. The fraction of sp³-hybridized carbons (Fsp3) is 0.130. The van der Waals surface area contributed by atoms with Crippen LogP contribution in [0.4, 0.5) is 0 Å². The topological polar surface area (TPSA) is 61.8 Å². The van der Waals surface area contributed by atoms with Gasteiger partial charge in [0, 0.05) is 11.4 Å². The van der Waals surface area contributed by atoms with Crippen molar-refractivity contribution in [2.24, 2.45) is 0 Å². The average molecular weight is 411 g/mol. The third-order valence-corrected chi connectivity index (χ3v) is 4.19. The van der Waals surface area contributed by atoms with E-state index in [2.05, 4.69) is 0 Å². The first-order chi connectivity index (χ1) is 14.1. The van der Waals surface area contributed by atoms with Gasteiger partial charge >= 0.3 is 11.9 Å². The number of rotatable bonds is 8. The van der Waals surface area contributed by atoms with Crippen molar-refractivity contribution < 1.29 is 23.8 Å². The van der Waals surface area contributed by atoms with E-state index in [-0.39, 0.29) is 19.0 Å². The Labute approximate surface area is 173 Å². The Balaban J connectivity index is 1.48.